The summed E-state index contributed by atoms with van der Waals surface area (Å²) in [7, 11) is 0. The van der Waals surface area contributed by atoms with Crippen LogP contribution >= 0.6 is 0 Å². The molecular weight excluding hydrogens is 240 g/mol. The fraction of sp³-hybridized carbons (Fsp3) is 0.0667. The van der Waals surface area contributed by atoms with Crippen molar-refractivity contribution in [1.82, 2.24) is 4.98 Å². The predicted octanol–water partition coefficient (Wildman–Crippen LogP) is 2.70. The monoisotopic (exact) mass is 252 g/mol. The SMILES string of the molecule is O=C(O)C1C=Cc2cnccc2N1c1ccccc1. The van der Waals surface area contributed by atoms with Crippen LogP contribution in [0.15, 0.2) is 54.9 Å². The number of hydrogen-bond acceptors (Lipinski definition) is 3. The van der Waals surface area contributed by atoms with E-state index in [1.54, 1.807) is 29.4 Å². The number of hydrogen-bond donors (Lipinski definition) is 1. The molecule has 1 unspecified atom stereocenters. The van der Waals surface area contributed by atoms with Crippen molar-refractivity contribution < 1.29 is 9.90 Å². The number of para-hydroxylation sites is 1. The summed E-state index contributed by atoms with van der Waals surface area (Å²) in [4.78, 5) is 17.3. The Labute approximate surface area is 110 Å². The van der Waals surface area contributed by atoms with Crippen LogP contribution in [0.4, 0.5) is 11.4 Å². The van der Waals surface area contributed by atoms with Crippen molar-refractivity contribution >= 4 is 23.4 Å². The molecule has 0 bridgehead atoms. The van der Waals surface area contributed by atoms with E-state index < -0.39 is 12.0 Å². The molecule has 0 saturated heterocycles. The summed E-state index contributed by atoms with van der Waals surface area (Å²) in [5.41, 5.74) is 2.63. The number of fused-ring (bicyclic) bond motifs is 1. The number of benzene rings is 1. The molecular formula is C15H12N2O2. The highest BCUT2D eigenvalue weighted by Crippen LogP contribution is 2.34. The van der Waals surface area contributed by atoms with Gasteiger partial charge in [-0.25, -0.2) is 4.79 Å². The van der Waals surface area contributed by atoms with Gasteiger partial charge in [0.1, 0.15) is 0 Å². The molecule has 0 spiro atoms. The lowest BCUT2D eigenvalue weighted by Gasteiger charge is -2.33. The molecule has 0 amide bonds. The van der Waals surface area contributed by atoms with Crippen molar-refractivity contribution in [2.45, 2.75) is 6.04 Å². The van der Waals surface area contributed by atoms with E-state index in [9.17, 15) is 9.90 Å². The number of carbonyl (C=O) groups is 1. The minimum atomic E-state index is -0.873. The summed E-state index contributed by atoms with van der Waals surface area (Å²) < 4.78 is 0. The van der Waals surface area contributed by atoms with Crippen molar-refractivity contribution in [3.8, 4) is 0 Å². The number of nitrogens with zero attached hydrogens (tertiary/aromatic N) is 2. The maximum atomic E-state index is 11.4. The van der Waals surface area contributed by atoms with Gasteiger partial charge in [0.25, 0.3) is 0 Å². The summed E-state index contributed by atoms with van der Waals surface area (Å²) in [6.07, 6.45) is 6.90. The van der Waals surface area contributed by atoms with E-state index in [0.29, 0.717) is 0 Å². The predicted molar refractivity (Wildman–Crippen MR) is 73.3 cm³/mol. The second-order valence-electron chi connectivity index (χ2n) is 4.28. The van der Waals surface area contributed by atoms with E-state index >= 15 is 0 Å². The standard InChI is InChI=1S/C15H12N2O2/c18-15(19)14-7-6-11-10-16-9-8-13(11)17(14)12-4-2-1-3-5-12/h1-10,14H,(H,18,19). The third-order valence-corrected chi connectivity index (χ3v) is 3.11. The summed E-state index contributed by atoms with van der Waals surface area (Å²) in [6, 6.07) is 10.6. The van der Waals surface area contributed by atoms with Crippen LogP contribution in [-0.2, 0) is 4.79 Å². The summed E-state index contributed by atoms with van der Waals surface area (Å²) in [5.74, 6) is -0.873. The van der Waals surface area contributed by atoms with Crippen molar-refractivity contribution in [3.63, 3.8) is 0 Å². The van der Waals surface area contributed by atoms with E-state index in [1.165, 1.54) is 0 Å². The normalized spacial score (nSPS) is 17.1. The molecule has 19 heavy (non-hydrogen) atoms. The molecule has 2 heterocycles. The molecule has 1 N–H and O–H groups in total. The van der Waals surface area contributed by atoms with E-state index in [-0.39, 0.29) is 0 Å². The first-order valence-corrected chi connectivity index (χ1v) is 5.96. The summed E-state index contributed by atoms with van der Waals surface area (Å²) in [6.45, 7) is 0. The Bertz CT molecular complexity index is 638. The number of pyridine rings is 1. The summed E-state index contributed by atoms with van der Waals surface area (Å²) >= 11 is 0. The highest BCUT2D eigenvalue weighted by atomic mass is 16.4. The number of carboxylic acid groups (broad SMARTS) is 1. The highest BCUT2D eigenvalue weighted by molar-refractivity contribution is 5.90. The largest absolute Gasteiger partial charge is 0.479 e. The molecule has 1 aromatic carbocycles. The number of aromatic nitrogens is 1. The molecule has 4 heteroatoms. The number of aliphatic carboxylic acids is 1. The first-order valence-electron chi connectivity index (χ1n) is 5.96. The number of anilines is 2. The zero-order valence-electron chi connectivity index (χ0n) is 10.1. The smallest absolute Gasteiger partial charge is 0.330 e. The Morgan fingerprint density at radius 3 is 2.74 bits per heavy atom. The highest BCUT2D eigenvalue weighted by Gasteiger charge is 2.28. The van der Waals surface area contributed by atoms with Crippen molar-refractivity contribution in [1.29, 1.82) is 0 Å². The Balaban J connectivity index is 2.16. The zero-order chi connectivity index (χ0) is 13.2. The van der Waals surface area contributed by atoms with Crippen LogP contribution in [0.3, 0.4) is 0 Å². The Kier molecular flexibility index (Phi) is 2.76. The Hall–Kier alpha value is -2.62. The second kappa shape index (κ2) is 4.57. The van der Waals surface area contributed by atoms with Gasteiger partial charge in [0, 0.05) is 23.6 Å². The third-order valence-electron chi connectivity index (χ3n) is 3.11. The first kappa shape index (κ1) is 11.5. The Morgan fingerprint density at radius 2 is 2.00 bits per heavy atom. The van der Waals surface area contributed by atoms with Crippen LogP contribution in [-0.4, -0.2) is 22.1 Å². The van der Waals surface area contributed by atoms with Crippen LogP contribution in [0.1, 0.15) is 5.56 Å². The molecule has 94 valence electrons. The molecule has 0 saturated carbocycles. The van der Waals surface area contributed by atoms with Crippen molar-refractivity contribution in [3.05, 3.63) is 60.4 Å². The molecule has 2 aromatic rings. The summed E-state index contributed by atoms with van der Waals surface area (Å²) in [5, 5.41) is 9.39. The topological polar surface area (TPSA) is 53.4 Å². The molecule has 1 aromatic heterocycles. The maximum absolute atomic E-state index is 11.4. The van der Waals surface area contributed by atoms with Gasteiger partial charge < -0.3 is 10.0 Å². The number of carboxylic acids is 1. The van der Waals surface area contributed by atoms with E-state index in [4.69, 9.17) is 0 Å². The lowest BCUT2D eigenvalue weighted by molar-refractivity contribution is -0.137. The zero-order valence-corrected chi connectivity index (χ0v) is 10.1. The van der Waals surface area contributed by atoms with Crippen LogP contribution in [0.2, 0.25) is 0 Å². The van der Waals surface area contributed by atoms with Gasteiger partial charge in [-0.3, -0.25) is 4.98 Å². The van der Waals surface area contributed by atoms with Gasteiger partial charge in [0.15, 0.2) is 6.04 Å². The molecule has 0 radical (unpaired) electrons. The van der Waals surface area contributed by atoms with Gasteiger partial charge in [0.2, 0.25) is 0 Å². The van der Waals surface area contributed by atoms with Crippen LogP contribution in [0.25, 0.3) is 6.08 Å². The van der Waals surface area contributed by atoms with Crippen molar-refractivity contribution in [2.24, 2.45) is 0 Å². The van der Waals surface area contributed by atoms with Gasteiger partial charge in [0.05, 0.1) is 5.69 Å². The molecule has 0 aliphatic carbocycles. The minimum Gasteiger partial charge on any atom is -0.479 e. The van der Waals surface area contributed by atoms with Gasteiger partial charge in [-0.15, -0.1) is 0 Å². The quantitative estimate of drug-likeness (QED) is 0.892. The van der Waals surface area contributed by atoms with Gasteiger partial charge in [-0.1, -0.05) is 24.3 Å². The molecule has 3 rings (SSSR count). The van der Waals surface area contributed by atoms with Gasteiger partial charge in [-0.2, -0.15) is 0 Å². The van der Waals surface area contributed by atoms with Crippen LogP contribution in [0.5, 0.6) is 0 Å². The maximum Gasteiger partial charge on any atom is 0.330 e. The molecule has 1 atom stereocenters. The second-order valence-corrected chi connectivity index (χ2v) is 4.28. The van der Waals surface area contributed by atoms with E-state index in [2.05, 4.69) is 4.98 Å². The van der Waals surface area contributed by atoms with Gasteiger partial charge in [-0.05, 0) is 24.3 Å². The van der Waals surface area contributed by atoms with Crippen LogP contribution < -0.4 is 4.90 Å². The fourth-order valence-electron chi connectivity index (χ4n) is 2.26. The molecule has 1 aliphatic rings. The molecule has 1 aliphatic heterocycles. The minimum absolute atomic E-state index is 0.697. The lowest BCUT2D eigenvalue weighted by Crippen LogP contribution is -2.38. The van der Waals surface area contributed by atoms with E-state index in [1.807, 2.05) is 36.4 Å². The lowest BCUT2D eigenvalue weighted by atomic mass is 10.0. The molecule has 4 nitrogen and oxygen atoms in total. The van der Waals surface area contributed by atoms with Gasteiger partial charge >= 0.3 is 5.97 Å². The average molecular weight is 252 g/mol. The average Bonchev–Trinajstić information content (AvgIpc) is 2.46. The number of rotatable bonds is 2. The first-order chi connectivity index (χ1) is 9.27. The Morgan fingerprint density at radius 1 is 1.21 bits per heavy atom. The van der Waals surface area contributed by atoms with Crippen molar-refractivity contribution in [2.75, 3.05) is 4.90 Å². The molecule has 0 fully saturated rings. The fourth-order valence-corrected chi connectivity index (χ4v) is 2.26. The van der Waals surface area contributed by atoms with E-state index in [0.717, 1.165) is 16.9 Å². The third kappa shape index (κ3) is 1.97. The van der Waals surface area contributed by atoms with Crippen LogP contribution in [0, 0.1) is 0 Å².